The molecule has 1 atom stereocenters. The van der Waals surface area contributed by atoms with Crippen LogP contribution in [0.1, 0.15) is 23.2 Å². The third-order valence-corrected chi connectivity index (χ3v) is 2.29. The highest BCUT2D eigenvalue weighted by Gasteiger charge is 2.11. The number of furan rings is 2. The maximum Gasteiger partial charge on any atom is 0.371 e. The molecule has 0 amide bonds. The smallest absolute Gasteiger partial charge is 0.371 e. The predicted molar refractivity (Wildman–Crippen MR) is 61.2 cm³/mol. The molecule has 0 saturated heterocycles. The summed E-state index contributed by atoms with van der Waals surface area (Å²) in [5.74, 6) is 0.172. The molecule has 1 unspecified atom stereocenters. The van der Waals surface area contributed by atoms with E-state index >= 15 is 0 Å². The number of hydrogen-bond acceptors (Lipinski definition) is 4. The van der Waals surface area contributed by atoms with Gasteiger partial charge in [-0.1, -0.05) is 0 Å². The van der Waals surface area contributed by atoms with E-state index in [0.29, 0.717) is 12.3 Å². The Morgan fingerprint density at radius 3 is 2.88 bits per heavy atom. The van der Waals surface area contributed by atoms with Crippen LogP contribution >= 0.6 is 0 Å². The normalized spacial score (nSPS) is 12.3. The van der Waals surface area contributed by atoms with E-state index in [1.807, 2.05) is 19.1 Å². The van der Waals surface area contributed by atoms with Crippen molar-refractivity contribution in [3.8, 4) is 0 Å². The quantitative estimate of drug-likeness (QED) is 0.833. The summed E-state index contributed by atoms with van der Waals surface area (Å²) in [5, 5.41) is 11.8. The number of rotatable bonds is 5. The monoisotopic (exact) mass is 235 g/mol. The number of hydrogen-bond donors (Lipinski definition) is 2. The molecule has 5 nitrogen and oxygen atoms in total. The molecule has 2 heterocycles. The highest BCUT2D eigenvalue weighted by molar-refractivity contribution is 5.84. The van der Waals surface area contributed by atoms with Gasteiger partial charge >= 0.3 is 5.97 Å². The third kappa shape index (κ3) is 2.90. The maximum absolute atomic E-state index is 10.6. The van der Waals surface area contributed by atoms with Gasteiger partial charge in [0, 0.05) is 18.5 Å². The van der Waals surface area contributed by atoms with Crippen LogP contribution in [0.3, 0.4) is 0 Å². The molecule has 0 aromatic carbocycles. The van der Waals surface area contributed by atoms with Gasteiger partial charge in [-0.3, -0.25) is 0 Å². The van der Waals surface area contributed by atoms with Crippen LogP contribution in [0.4, 0.5) is 5.88 Å². The van der Waals surface area contributed by atoms with Crippen molar-refractivity contribution in [1.82, 2.24) is 0 Å². The Morgan fingerprint density at radius 2 is 2.29 bits per heavy atom. The van der Waals surface area contributed by atoms with Crippen LogP contribution in [0.2, 0.25) is 0 Å². The standard InChI is InChI=1S/C12H13NO4/c1-8(7-9-3-2-6-16-9)13-11-5-4-10(17-11)12(14)15/h2-6,8,13H,7H2,1H3,(H,14,15). The first kappa shape index (κ1) is 11.3. The van der Waals surface area contributed by atoms with Crippen molar-refractivity contribution in [3.63, 3.8) is 0 Å². The van der Waals surface area contributed by atoms with E-state index in [4.69, 9.17) is 13.9 Å². The van der Waals surface area contributed by atoms with Gasteiger partial charge in [0.25, 0.3) is 0 Å². The van der Waals surface area contributed by atoms with Crippen LogP contribution < -0.4 is 5.32 Å². The van der Waals surface area contributed by atoms with Gasteiger partial charge in [0.05, 0.1) is 6.26 Å². The van der Waals surface area contributed by atoms with E-state index in [1.165, 1.54) is 6.07 Å². The first-order chi connectivity index (χ1) is 8.15. The zero-order valence-corrected chi connectivity index (χ0v) is 9.34. The Kier molecular flexibility index (Phi) is 3.18. The summed E-state index contributed by atoms with van der Waals surface area (Å²) in [7, 11) is 0. The summed E-state index contributed by atoms with van der Waals surface area (Å²) in [4.78, 5) is 10.6. The van der Waals surface area contributed by atoms with Crippen molar-refractivity contribution in [2.75, 3.05) is 5.32 Å². The Balaban J connectivity index is 1.93. The van der Waals surface area contributed by atoms with Crippen LogP contribution in [0.25, 0.3) is 0 Å². The maximum atomic E-state index is 10.6. The van der Waals surface area contributed by atoms with Crippen LogP contribution in [0.5, 0.6) is 0 Å². The Hall–Kier alpha value is -2.17. The average molecular weight is 235 g/mol. The molecule has 0 saturated carbocycles. The number of nitrogens with one attached hydrogen (secondary N) is 1. The fourth-order valence-electron chi connectivity index (χ4n) is 1.55. The minimum Gasteiger partial charge on any atom is -0.475 e. The molecule has 2 N–H and O–H groups in total. The number of aromatic carboxylic acids is 1. The molecular formula is C12H13NO4. The second kappa shape index (κ2) is 4.78. The molecular weight excluding hydrogens is 222 g/mol. The van der Waals surface area contributed by atoms with Crippen molar-refractivity contribution in [2.45, 2.75) is 19.4 Å². The molecule has 0 bridgehead atoms. The first-order valence-electron chi connectivity index (χ1n) is 5.27. The van der Waals surface area contributed by atoms with Crippen molar-refractivity contribution in [3.05, 3.63) is 42.0 Å². The van der Waals surface area contributed by atoms with Gasteiger partial charge in [0.1, 0.15) is 5.76 Å². The average Bonchev–Trinajstić information content (AvgIpc) is 2.88. The Morgan fingerprint density at radius 1 is 1.47 bits per heavy atom. The highest BCUT2D eigenvalue weighted by atomic mass is 16.4. The molecule has 0 aliphatic rings. The zero-order chi connectivity index (χ0) is 12.3. The van der Waals surface area contributed by atoms with E-state index in [0.717, 1.165) is 5.76 Å². The lowest BCUT2D eigenvalue weighted by atomic mass is 10.2. The minimum absolute atomic E-state index is 0.0716. The van der Waals surface area contributed by atoms with Crippen molar-refractivity contribution in [2.24, 2.45) is 0 Å². The second-order valence-electron chi connectivity index (χ2n) is 3.80. The molecule has 90 valence electrons. The van der Waals surface area contributed by atoms with Crippen molar-refractivity contribution >= 4 is 11.9 Å². The van der Waals surface area contributed by atoms with E-state index in [1.54, 1.807) is 12.3 Å². The summed E-state index contributed by atoms with van der Waals surface area (Å²) in [6.45, 7) is 1.96. The molecule has 0 fully saturated rings. The highest BCUT2D eigenvalue weighted by Crippen LogP contribution is 2.15. The van der Waals surface area contributed by atoms with Gasteiger partial charge in [-0.25, -0.2) is 4.79 Å². The predicted octanol–water partition coefficient (Wildman–Crippen LogP) is 2.61. The fourth-order valence-corrected chi connectivity index (χ4v) is 1.55. The van der Waals surface area contributed by atoms with Crippen LogP contribution in [0, 0.1) is 0 Å². The molecule has 0 aliphatic heterocycles. The summed E-state index contributed by atoms with van der Waals surface area (Å²) >= 11 is 0. The largest absolute Gasteiger partial charge is 0.475 e. The molecule has 0 radical (unpaired) electrons. The molecule has 17 heavy (non-hydrogen) atoms. The van der Waals surface area contributed by atoms with Crippen molar-refractivity contribution < 1.29 is 18.7 Å². The summed E-state index contributed by atoms with van der Waals surface area (Å²) in [6, 6.07) is 6.83. The fraction of sp³-hybridized carbons (Fsp3) is 0.250. The lowest BCUT2D eigenvalue weighted by Crippen LogP contribution is -2.17. The molecule has 2 rings (SSSR count). The minimum atomic E-state index is -1.07. The Labute approximate surface area is 98.0 Å². The van der Waals surface area contributed by atoms with Gasteiger partial charge in [0.2, 0.25) is 5.76 Å². The number of carboxylic acid groups (broad SMARTS) is 1. The van der Waals surface area contributed by atoms with E-state index < -0.39 is 5.97 Å². The first-order valence-corrected chi connectivity index (χ1v) is 5.27. The zero-order valence-electron chi connectivity index (χ0n) is 9.34. The van der Waals surface area contributed by atoms with E-state index in [9.17, 15) is 4.79 Å². The summed E-state index contributed by atoms with van der Waals surface area (Å²) in [6.07, 6.45) is 2.33. The van der Waals surface area contributed by atoms with Gasteiger partial charge < -0.3 is 19.3 Å². The van der Waals surface area contributed by atoms with E-state index in [-0.39, 0.29) is 11.8 Å². The van der Waals surface area contributed by atoms with Gasteiger partial charge in [0.15, 0.2) is 5.88 Å². The molecule has 2 aromatic rings. The number of anilines is 1. The van der Waals surface area contributed by atoms with Gasteiger partial charge in [-0.05, 0) is 25.1 Å². The van der Waals surface area contributed by atoms with Crippen LogP contribution in [0.15, 0.2) is 39.4 Å². The number of carbonyl (C=O) groups is 1. The lowest BCUT2D eigenvalue weighted by molar-refractivity contribution is 0.0663. The summed E-state index contributed by atoms with van der Waals surface area (Å²) in [5.41, 5.74) is 0. The number of carboxylic acids is 1. The molecule has 5 heteroatoms. The Bertz CT molecular complexity index is 486. The molecule has 0 spiro atoms. The van der Waals surface area contributed by atoms with Gasteiger partial charge in [-0.2, -0.15) is 0 Å². The summed E-state index contributed by atoms with van der Waals surface area (Å²) < 4.78 is 10.3. The molecule has 2 aromatic heterocycles. The van der Waals surface area contributed by atoms with E-state index in [2.05, 4.69) is 5.32 Å². The van der Waals surface area contributed by atoms with Gasteiger partial charge in [-0.15, -0.1) is 0 Å². The topological polar surface area (TPSA) is 75.6 Å². The lowest BCUT2D eigenvalue weighted by Gasteiger charge is -2.10. The van der Waals surface area contributed by atoms with Crippen LogP contribution in [-0.4, -0.2) is 17.1 Å². The third-order valence-electron chi connectivity index (χ3n) is 2.29. The molecule has 0 aliphatic carbocycles. The SMILES string of the molecule is CC(Cc1ccco1)Nc1ccc(C(=O)O)o1. The second-order valence-corrected chi connectivity index (χ2v) is 3.80. The van der Waals surface area contributed by atoms with Crippen molar-refractivity contribution in [1.29, 1.82) is 0 Å². The van der Waals surface area contributed by atoms with Crippen LogP contribution in [-0.2, 0) is 6.42 Å².